The molecule has 1 N–H and O–H groups in total. The van der Waals surface area contributed by atoms with Gasteiger partial charge in [0.2, 0.25) is 0 Å². The van der Waals surface area contributed by atoms with Gasteiger partial charge in [0.15, 0.2) is 5.65 Å². The molecule has 3 heterocycles. The lowest BCUT2D eigenvalue weighted by Crippen LogP contribution is -2.14. The Morgan fingerprint density at radius 1 is 1.20 bits per heavy atom. The summed E-state index contributed by atoms with van der Waals surface area (Å²) in [5, 5.41) is 12.2. The Balaban J connectivity index is 0.00000141. The number of benzene rings is 1. The molecular formula is C23H23F3N6O3. The van der Waals surface area contributed by atoms with Crippen LogP contribution in [0.5, 0.6) is 5.75 Å². The summed E-state index contributed by atoms with van der Waals surface area (Å²) in [6.07, 6.45) is 5.37. The van der Waals surface area contributed by atoms with E-state index in [-0.39, 0.29) is 11.2 Å². The number of halogens is 3. The normalized spacial score (nSPS) is 14.5. The summed E-state index contributed by atoms with van der Waals surface area (Å²) in [6.45, 7) is 2.00. The van der Waals surface area contributed by atoms with Crippen LogP contribution in [0.15, 0.2) is 36.8 Å². The molecule has 0 bridgehead atoms. The predicted octanol–water partition coefficient (Wildman–Crippen LogP) is 4.68. The number of aromatic nitrogens is 5. The predicted molar refractivity (Wildman–Crippen MR) is 121 cm³/mol. The molecule has 1 aromatic carbocycles. The zero-order valence-electron chi connectivity index (χ0n) is 18.9. The Labute approximate surface area is 197 Å². The Morgan fingerprint density at radius 3 is 2.63 bits per heavy atom. The molecule has 12 heteroatoms. The summed E-state index contributed by atoms with van der Waals surface area (Å²) >= 11 is 0. The number of hydrogen-bond donors (Lipinski definition) is 1. The quantitative estimate of drug-likeness (QED) is 0.448. The average Bonchev–Trinajstić information content (AvgIpc) is 3.48. The van der Waals surface area contributed by atoms with Gasteiger partial charge in [-0.05, 0) is 25.0 Å². The van der Waals surface area contributed by atoms with Gasteiger partial charge in [0.1, 0.15) is 23.8 Å². The minimum Gasteiger partial charge on any atom is -0.494 e. The monoisotopic (exact) mass is 488 g/mol. The van der Waals surface area contributed by atoms with E-state index in [1.807, 2.05) is 17.7 Å². The third-order valence-electron chi connectivity index (χ3n) is 5.94. The molecule has 1 aliphatic carbocycles. The van der Waals surface area contributed by atoms with Crippen molar-refractivity contribution in [1.82, 2.24) is 24.4 Å². The van der Waals surface area contributed by atoms with Crippen LogP contribution in [0.4, 0.5) is 18.9 Å². The molecule has 0 saturated heterocycles. The highest BCUT2D eigenvalue weighted by molar-refractivity contribution is 6.09. The molecule has 9 nitrogen and oxygen atoms in total. The number of fused-ring (bicyclic) bond motifs is 2. The van der Waals surface area contributed by atoms with Gasteiger partial charge in [0.05, 0.1) is 30.6 Å². The van der Waals surface area contributed by atoms with E-state index in [0.29, 0.717) is 17.5 Å². The number of methoxy groups -OCH3 is 1. The molecular weight excluding hydrogens is 465 g/mol. The van der Waals surface area contributed by atoms with Crippen molar-refractivity contribution in [1.29, 1.82) is 0 Å². The SMILES string of the molecule is C=O.COc1cc2nn(C3CCCCC3)cc2cc1NC(=O)c1cnn2ccc(C(F)(F)F)nc12. The van der Waals surface area contributed by atoms with Crippen LogP contribution in [0.3, 0.4) is 0 Å². The van der Waals surface area contributed by atoms with Crippen molar-refractivity contribution in [3.05, 3.63) is 48.0 Å². The maximum Gasteiger partial charge on any atom is 0.433 e. The highest BCUT2D eigenvalue weighted by Crippen LogP contribution is 2.34. The molecule has 35 heavy (non-hydrogen) atoms. The number of carbonyl (C=O) groups excluding carboxylic acids is 2. The fourth-order valence-corrected chi connectivity index (χ4v) is 4.25. The molecule has 1 saturated carbocycles. The van der Waals surface area contributed by atoms with E-state index in [1.165, 1.54) is 32.6 Å². The van der Waals surface area contributed by atoms with Gasteiger partial charge in [-0.25, -0.2) is 9.50 Å². The lowest BCUT2D eigenvalue weighted by atomic mass is 9.96. The van der Waals surface area contributed by atoms with Gasteiger partial charge in [-0.3, -0.25) is 9.48 Å². The first kappa shape index (κ1) is 24.2. The number of carbonyl (C=O) groups is 2. The number of amides is 1. The number of rotatable bonds is 4. The first-order chi connectivity index (χ1) is 16.8. The van der Waals surface area contributed by atoms with Crippen LogP contribution in [0.25, 0.3) is 16.6 Å². The second-order valence-corrected chi connectivity index (χ2v) is 8.10. The fourth-order valence-electron chi connectivity index (χ4n) is 4.25. The highest BCUT2D eigenvalue weighted by Gasteiger charge is 2.33. The summed E-state index contributed by atoms with van der Waals surface area (Å²) in [7, 11) is 1.47. The number of anilines is 1. The van der Waals surface area contributed by atoms with Crippen LogP contribution in [-0.2, 0) is 11.0 Å². The molecule has 1 amide bonds. The molecule has 0 atom stereocenters. The van der Waals surface area contributed by atoms with Crippen molar-refractivity contribution in [3.8, 4) is 5.75 Å². The van der Waals surface area contributed by atoms with Crippen LogP contribution >= 0.6 is 0 Å². The van der Waals surface area contributed by atoms with E-state index >= 15 is 0 Å². The number of nitrogens with one attached hydrogen (secondary N) is 1. The summed E-state index contributed by atoms with van der Waals surface area (Å²) in [5.74, 6) is -0.251. The third-order valence-corrected chi connectivity index (χ3v) is 5.94. The molecule has 1 fully saturated rings. The van der Waals surface area contributed by atoms with E-state index < -0.39 is 17.8 Å². The molecule has 184 valence electrons. The van der Waals surface area contributed by atoms with Crippen LogP contribution in [-0.4, -0.2) is 44.2 Å². The average molecular weight is 488 g/mol. The number of alkyl halides is 3. The van der Waals surface area contributed by atoms with Crippen LogP contribution < -0.4 is 10.1 Å². The van der Waals surface area contributed by atoms with Gasteiger partial charge in [-0.15, -0.1) is 0 Å². The largest absolute Gasteiger partial charge is 0.494 e. The number of hydrogen-bond acceptors (Lipinski definition) is 6. The molecule has 0 aliphatic heterocycles. The lowest BCUT2D eigenvalue weighted by Gasteiger charge is -2.21. The van der Waals surface area contributed by atoms with Crippen molar-refractivity contribution in [2.75, 3.05) is 12.4 Å². The maximum atomic E-state index is 13.1. The van der Waals surface area contributed by atoms with Crippen molar-refractivity contribution < 1.29 is 27.5 Å². The fraction of sp³-hybridized carbons (Fsp3) is 0.348. The minimum atomic E-state index is -4.63. The van der Waals surface area contributed by atoms with Gasteiger partial charge < -0.3 is 14.8 Å². The molecule has 4 aromatic rings. The number of nitrogens with zero attached hydrogens (tertiary/aromatic N) is 5. The zero-order chi connectivity index (χ0) is 25.2. The summed E-state index contributed by atoms with van der Waals surface area (Å²) < 4.78 is 47.7. The smallest absolute Gasteiger partial charge is 0.433 e. The van der Waals surface area contributed by atoms with Crippen molar-refractivity contribution in [2.45, 2.75) is 44.3 Å². The molecule has 3 aromatic heterocycles. The van der Waals surface area contributed by atoms with Gasteiger partial charge in [-0.2, -0.15) is 23.4 Å². The van der Waals surface area contributed by atoms with Crippen LogP contribution in [0.2, 0.25) is 0 Å². The van der Waals surface area contributed by atoms with E-state index in [2.05, 4.69) is 20.5 Å². The van der Waals surface area contributed by atoms with E-state index in [9.17, 15) is 18.0 Å². The highest BCUT2D eigenvalue weighted by atomic mass is 19.4. The van der Waals surface area contributed by atoms with Crippen molar-refractivity contribution >= 4 is 34.9 Å². The third kappa shape index (κ3) is 4.81. The zero-order valence-corrected chi connectivity index (χ0v) is 18.9. The Morgan fingerprint density at radius 2 is 1.94 bits per heavy atom. The lowest BCUT2D eigenvalue weighted by molar-refractivity contribution is -0.141. The first-order valence-corrected chi connectivity index (χ1v) is 10.9. The molecule has 0 unspecified atom stereocenters. The standard InChI is InChI=1S/C22H21F3N6O2.CH2O/c1-33-18-10-16-13(12-31(29-16)14-5-3-2-4-6-14)9-17(18)27-21(32)15-11-26-30-8-7-19(22(23,24)25)28-20(15)30;1-2/h7-12,14H,2-6H2,1H3,(H,27,32);1H2. The Bertz CT molecular complexity index is 1360. The van der Waals surface area contributed by atoms with Crippen LogP contribution in [0.1, 0.15) is 54.2 Å². The Kier molecular flexibility index (Phi) is 6.72. The minimum absolute atomic E-state index is 0.0823. The van der Waals surface area contributed by atoms with Crippen molar-refractivity contribution in [2.24, 2.45) is 0 Å². The second kappa shape index (κ2) is 9.72. The van der Waals surface area contributed by atoms with Gasteiger partial charge in [0.25, 0.3) is 5.91 Å². The Hall–Kier alpha value is -3.96. The summed E-state index contributed by atoms with van der Waals surface area (Å²) in [6, 6.07) is 4.64. The summed E-state index contributed by atoms with van der Waals surface area (Å²) in [4.78, 5) is 24.5. The van der Waals surface area contributed by atoms with E-state index in [0.717, 1.165) is 40.5 Å². The molecule has 0 spiro atoms. The summed E-state index contributed by atoms with van der Waals surface area (Å²) in [5.41, 5.74) is -0.250. The first-order valence-electron chi connectivity index (χ1n) is 10.9. The van der Waals surface area contributed by atoms with Gasteiger partial charge in [0, 0.05) is 23.8 Å². The van der Waals surface area contributed by atoms with Crippen molar-refractivity contribution in [3.63, 3.8) is 0 Å². The number of ether oxygens (including phenoxy) is 1. The molecule has 5 rings (SSSR count). The molecule has 1 aliphatic rings. The van der Waals surface area contributed by atoms with Gasteiger partial charge >= 0.3 is 6.18 Å². The van der Waals surface area contributed by atoms with E-state index in [4.69, 9.17) is 9.53 Å². The van der Waals surface area contributed by atoms with Gasteiger partial charge in [-0.1, -0.05) is 19.3 Å². The maximum absolute atomic E-state index is 13.1. The second-order valence-electron chi connectivity index (χ2n) is 8.10. The van der Waals surface area contributed by atoms with Crippen LogP contribution in [0, 0.1) is 0 Å². The van der Waals surface area contributed by atoms with E-state index in [1.54, 1.807) is 12.1 Å². The topological polar surface area (TPSA) is 103 Å². The molecule has 0 radical (unpaired) electrons.